The van der Waals surface area contributed by atoms with Crippen molar-refractivity contribution in [1.29, 1.82) is 0 Å². The van der Waals surface area contributed by atoms with Gasteiger partial charge in [-0.1, -0.05) is 0 Å². The van der Waals surface area contributed by atoms with Crippen molar-refractivity contribution in [2.45, 2.75) is 50.1 Å². The zero-order valence-corrected chi connectivity index (χ0v) is 12.3. The average Bonchev–Trinajstić information content (AvgIpc) is 3.31. The summed E-state index contributed by atoms with van der Waals surface area (Å²) in [7, 11) is 0. The van der Waals surface area contributed by atoms with E-state index in [-0.39, 0.29) is 0 Å². The van der Waals surface area contributed by atoms with Gasteiger partial charge >= 0.3 is 0 Å². The van der Waals surface area contributed by atoms with Gasteiger partial charge in [-0.05, 0) is 32.1 Å². The number of anilines is 2. The molecule has 22 heavy (non-hydrogen) atoms. The normalized spacial score (nSPS) is 24.2. The van der Waals surface area contributed by atoms with Crippen molar-refractivity contribution in [2.24, 2.45) is 0 Å². The maximum Gasteiger partial charge on any atom is 0.242 e. The van der Waals surface area contributed by atoms with E-state index in [4.69, 9.17) is 0 Å². The van der Waals surface area contributed by atoms with Gasteiger partial charge in [-0.25, -0.2) is 9.97 Å². The molecule has 2 heterocycles. The second-order valence-electron chi connectivity index (χ2n) is 6.07. The quantitative estimate of drug-likeness (QED) is 0.872. The molecule has 0 aliphatic heterocycles. The molecule has 2 atom stereocenters. The molecule has 2 aliphatic carbocycles. The van der Waals surface area contributed by atoms with E-state index < -0.39 is 0 Å². The molecule has 2 fully saturated rings. The van der Waals surface area contributed by atoms with Gasteiger partial charge in [0.2, 0.25) is 5.95 Å². The van der Waals surface area contributed by atoms with Gasteiger partial charge < -0.3 is 10.6 Å². The Bertz CT molecular complexity index is 612. The standard InChI is InChI=1S/C15H19N7/c1-2-10(1)13-8-18-15(22-21-13)20-12-4-3-11(7-12)19-14-9-16-5-6-17-14/h5-6,8-12H,1-4,7H2,(H,17,19)(H,18,20,22)/t11-,12-/m0/s1. The number of aromatic nitrogens is 5. The summed E-state index contributed by atoms with van der Waals surface area (Å²) in [6.45, 7) is 0. The molecule has 0 bridgehead atoms. The molecule has 2 saturated carbocycles. The van der Waals surface area contributed by atoms with Crippen molar-refractivity contribution in [2.75, 3.05) is 10.6 Å². The van der Waals surface area contributed by atoms with Crippen LogP contribution in [0.2, 0.25) is 0 Å². The Morgan fingerprint density at radius 3 is 2.41 bits per heavy atom. The monoisotopic (exact) mass is 297 g/mol. The van der Waals surface area contributed by atoms with Crippen LogP contribution in [-0.2, 0) is 0 Å². The first-order valence-electron chi connectivity index (χ1n) is 7.85. The average molecular weight is 297 g/mol. The Labute approximate surface area is 129 Å². The van der Waals surface area contributed by atoms with Gasteiger partial charge in [0.05, 0.1) is 18.1 Å². The second-order valence-corrected chi connectivity index (χ2v) is 6.07. The maximum atomic E-state index is 4.38. The summed E-state index contributed by atoms with van der Waals surface area (Å²) in [6.07, 6.45) is 12.6. The molecule has 0 amide bonds. The molecule has 7 heteroatoms. The molecule has 7 nitrogen and oxygen atoms in total. The van der Waals surface area contributed by atoms with E-state index in [2.05, 4.69) is 35.8 Å². The van der Waals surface area contributed by atoms with E-state index in [1.165, 1.54) is 12.8 Å². The van der Waals surface area contributed by atoms with Crippen LogP contribution in [0.3, 0.4) is 0 Å². The highest BCUT2D eigenvalue weighted by atomic mass is 15.2. The maximum absolute atomic E-state index is 4.38. The van der Waals surface area contributed by atoms with Crippen molar-refractivity contribution in [1.82, 2.24) is 25.1 Å². The molecule has 2 aromatic rings. The van der Waals surface area contributed by atoms with Gasteiger partial charge in [0.25, 0.3) is 0 Å². The summed E-state index contributed by atoms with van der Waals surface area (Å²) >= 11 is 0. The molecule has 4 rings (SSSR count). The van der Waals surface area contributed by atoms with Crippen molar-refractivity contribution in [3.63, 3.8) is 0 Å². The first-order chi connectivity index (χ1) is 10.9. The molecule has 114 valence electrons. The van der Waals surface area contributed by atoms with E-state index >= 15 is 0 Å². The van der Waals surface area contributed by atoms with Crippen LogP contribution in [0.1, 0.15) is 43.7 Å². The zero-order valence-electron chi connectivity index (χ0n) is 12.3. The smallest absolute Gasteiger partial charge is 0.242 e. The number of nitrogens with one attached hydrogen (secondary N) is 2. The summed E-state index contributed by atoms with van der Waals surface area (Å²) in [5.74, 6) is 2.07. The van der Waals surface area contributed by atoms with Crippen molar-refractivity contribution in [3.05, 3.63) is 30.5 Å². The lowest BCUT2D eigenvalue weighted by atomic mass is 10.2. The Kier molecular flexibility index (Phi) is 3.54. The predicted molar refractivity (Wildman–Crippen MR) is 82.5 cm³/mol. The fourth-order valence-corrected chi connectivity index (χ4v) is 2.93. The third kappa shape index (κ3) is 3.13. The van der Waals surface area contributed by atoms with E-state index in [9.17, 15) is 0 Å². The lowest BCUT2D eigenvalue weighted by Gasteiger charge is -2.14. The Morgan fingerprint density at radius 1 is 0.864 bits per heavy atom. The number of rotatable bonds is 5. The molecule has 2 aromatic heterocycles. The van der Waals surface area contributed by atoms with E-state index in [1.807, 2.05) is 6.20 Å². The molecule has 0 spiro atoms. The van der Waals surface area contributed by atoms with Gasteiger partial charge in [0.1, 0.15) is 5.82 Å². The van der Waals surface area contributed by atoms with Crippen LogP contribution in [0.5, 0.6) is 0 Å². The molecule has 2 aliphatic rings. The Balaban J connectivity index is 1.30. The Morgan fingerprint density at radius 2 is 1.73 bits per heavy atom. The highest BCUT2D eigenvalue weighted by molar-refractivity contribution is 5.33. The van der Waals surface area contributed by atoms with Gasteiger partial charge in [-0.2, -0.15) is 0 Å². The fraction of sp³-hybridized carbons (Fsp3) is 0.533. The van der Waals surface area contributed by atoms with Crippen LogP contribution in [0.4, 0.5) is 11.8 Å². The van der Waals surface area contributed by atoms with Crippen molar-refractivity contribution < 1.29 is 0 Å². The van der Waals surface area contributed by atoms with Crippen molar-refractivity contribution in [3.8, 4) is 0 Å². The summed E-state index contributed by atoms with van der Waals surface area (Å²) in [4.78, 5) is 12.7. The molecule has 0 saturated heterocycles. The molecular weight excluding hydrogens is 278 g/mol. The molecule has 2 N–H and O–H groups in total. The van der Waals surface area contributed by atoms with Gasteiger partial charge in [0.15, 0.2) is 0 Å². The second kappa shape index (κ2) is 5.82. The van der Waals surface area contributed by atoms with Gasteiger partial charge in [-0.15, -0.1) is 10.2 Å². The van der Waals surface area contributed by atoms with Crippen LogP contribution in [0.15, 0.2) is 24.8 Å². The van der Waals surface area contributed by atoms with Crippen molar-refractivity contribution >= 4 is 11.8 Å². The number of hydrogen-bond donors (Lipinski definition) is 2. The lowest BCUT2D eigenvalue weighted by molar-refractivity contribution is 0.710. The largest absolute Gasteiger partial charge is 0.366 e. The van der Waals surface area contributed by atoms with Gasteiger partial charge in [-0.3, -0.25) is 4.98 Å². The van der Waals surface area contributed by atoms with E-state index in [0.717, 1.165) is 30.8 Å². The first kappa shape index (κ1) is 13.4. The van der Waals surface area contributed by atoms with Crippen LogP contribution >= 0.6 is 0 Å². The van der Waals surface area contributed by atoms with Crippen LogP contribution < -0.4 is 10.6 Å². The minimum absolute atomic E-state index is 0.378. The molecule has 0 radical (unpaired) electrons. The lowest BCUT2D eigenvalue weighted by Crippen LogP contribution is -2.22. The summed E-state index contributed by atoms with van der Waals surface area (Å²) < 4.78 is 0. The predicted octanol–water partition coefficient (Wildman–Crippen LogP) is 1.98. The topological polar surface area (TPSA) is 88.5 Å². The summed E-state index contributed by atoms with van der Waals surface area (Å²) in [5.41, 5.74) is 1.03. The zero-order chi connectivity index (χ0) is 14.8. The number of hydrogen-bond acceptors (Lipinski definition) is 7. The van der Waals surface area contributed by atoms with Crippen LogP contribution in [0.25, 0.3) is 0 Å². The Hall–Kier alpha value is -2.31. The van der Waals surface area contributed by atoms with E-state index in [0.29, 0.717) is 23.9 Å². The highest BCUT2D eigenvalue weighted by Gasteiger charge is 2.27. The third-order valence-corrected chi connectivity index (χ3v) is 4.26. The number of nitrogens with zero attached hydrogens (tertiary/aromatic N) is 5. The SMILES string of the molecule is c1cnc(N[C@H]2CC[C@H](Nc3ncc(C4CC4)nn3)C2)cn1. The van der Waals surface area contributed by atoms with Gasteiger partial charge in [0, 0.05) is 30.4 Å². The molecular formula is C15H19N7. The highest BCUT2D eigenvalue weighted by Crippen LogP contribution is 2.38. The fourth-order valence-electron chi connectivity index (χ4n) is 2.93. The minimum atomic E-state index is 0.378. The first-order valence-corrected chi connectivity index (χ1v) is 7.85. The molecule has 0 aromatic carbocycles. The third-order valence-electron chi connectivity index (χ3n) is 4.26. The molecule has 0 unspecified atom stereocenters. The minimum Gasteiger partial charge on any atom is -0.366 e. The summed E-state index contributed by atoms with van der Waals surface area (Å²) in [6, 6.07) is 0.788. The van der Waals surface area contributed by atoms with E-state index in [1.54, 1.807) is 18.6 Å². The van der Waals surface area contributed by atoms with Crippen LogP contribution in [-0.4, -0.2) is 37.2 Å². The summed E-state index contributed by atoms with van der Waals surface area (Å²) in [5, 5.41) is 15.3. The van der Waals surface area contributed by atoms with Crippen LogP contribution in [0, 0.1) is 0 Å².